The van der Waals surface area contributed by atoms with E-state index < -0.39 is 12.6 Å². The second-order valence-corrected chi connectivity index (χ2v) is 3.15. The van der Waals surface area contributed by atoms with E-state index in [-0.39, 0.29) is 24.6 Å². The summed E-state index contributed by atoms with van der Waals surface area (Å²) in [6.45, 7) is 0.116. The number of alkyl halides is 3. The third kappa shape index (κ3) is 3.44. The Hall–Kier alpha value is -1.73. The van der Waals surface area contributed by atoms with Gasteiger partial charge in [0, 0.05) is 25.4 Å². The molecule has 0 aliphatic carbocycles. The Morgan fingerprint density at radius 2 is 2.25 bits per heavy atom. The van der Waals surface area contributed by atoms with Crippen LogP contribution in [-0.4, -0.2) is 26.8 Å². The third-order valence-corrected chi connectivity index (χ3v) is 1.91. The maximum atomic E-state index is 11.9. The van der Waals surface area contributed by atoms with E-state index in [0.29, 0.717) is 0 Å². The summed E-state index contributed by atoms with van der Waals surface area (Å²) >= 11 is 0. The fourth-order valence-corrected chi connectivity index (χ4v) is 1.22. The first-order chi connectivity index (χ1) is 7.44. The Morgan fingerprint density at radius 1 is 1.56 bits per heavy atom. The minimum absolute atomic E-state index is 0.0778. The van der Waals surface area contributed by atoms with E-state index in [4.69, 9.17) is 10.9 Å². The van der Waals surface area contributed by atoms with Gasteiger partial charge in [-0.2, -0.15) is 13.2 Å². The number of halogens is 3. The number of hydrogen-bond acceptors (Lipinski definition) is 3. The smallest absolute Gasteiger partial charge is 0.389 e. The number of rotatable bonds is 4. The summed E-state index contributed by atoms with van der Waals surface area (Å²) in [6, 6.07) is 0. The average Bonchev–Trinajstić information content (AvgIpc) is 2.63. The van der Waals surface area contributed by atoms with Gasteiger partial charge in [-0.3, -0.25) is 0 Å². The van der Waals surface area contributed by atoms with Gasteiger partial charge >= 0.3 is 6.18 Å². The predicted octanol–water partition coefficient (Wildman–Crippen LogP) is 1.32. The zero-order valence-corrected chi connectivity index (χ0v) is 8.28. The molecule has 1 heterocycles. The third-order valence-electron chi connectivity index (χ3n) is 1.91. The quantitative estimate of drug-likeness (QED) is 0.358. The molecule has 16 heavy (non-hydrogen) atoms. The number of nitrogens with zero attached hydrogens (tertiary/aromatic N) is 3. The van der Waals surface area contributed by atoms with Crippen LogP contribution in [0.15, 0.2) is 17.5 Å². The van der Waals surface area contributed by atoms with E-state index in [1.165, 1.54) is 17.0 Å². The summed E-state index contributed by atoms with van der Waals surface area (Å²) in [4.78, 5) is 3.77. The van der Waals surface area contributed by atoms with Crippen molar-refractivity contribution in [3.63, 3.8) is 0 Å². The van der Waals surface area contributed by atoms with Crippen molar-refractivity contribution in [2.24, 2.45) is 10.9 Å². The number of nitrogens with two attached hydrogens (primary N) is 1. The van der Waals surface area contributed by atoms with Crippen LogP contribution >= 0.6 is 0 Å². The second kappa shape index (κ2) is 4.86. The maximum absolute atomic E-state index is 11.9. The number of imidazole rings is 1. The molecule has 90 valence electrons. The molecule has 1 aromatic heterocycles. The van der Waals surface area contributed by atoms with Crippen LogP contribution in [0.3, 0.4) is 0 Å². The Balaban J connectivity index is 2.58. The molecule has 0 fully saturated rings. The Labute approximate surface area is 89.4 Å². The largest absolute Gasteiger partial charge is 0.409 e. The molecule has 1 aromatic rings. The molecule has 0 aromatic carbocycles. The van der Waals surface area contributed by atoms with E-state index in [2.05, 4.69) is 10.1 Å². The number of amidine groups is 1. The summed E-state index contributed by atoms with van der Waals surface area (Å²) in [5, 5.41) is 11.2. The van der Waals surface area contributed by atoms with Gasteiger partial charge in [0.1, 0.15) is 0 Å². The minimum Gasteiger partial charge on any atom is -0.409 e. The highest BCUT2D eigenvalue weighted by Crippen LogP contribution is 2.21. The Morgan fingerprint density at radius 3 is 2.81 bits per heavy atom. The molecule has 8 heteroatoms. The molecule has 5 nitrogen and oxygen atoms in total. The van der Waals surface area contributed by atoms with Gasteiger partial charge in [0.05, 0.1) is 0 Å². The number of aromatic nitrogens is 2. The lowest BCUT2D eigenvalue weighted by atomic mass is 10.3. The fourth-order valence-electron chi connectivity index (χ4n) is 1.22. The van der Waals surface area contributed by atoms with E-state index in [1.807, 2.05) is 0 Å². The highest BCUT2D eigenvalue weighted by Gasteiger charge is 2.26. The van der Waals surface area contributed by atoms with Crippen LogP contribution in [-0.2, 0) is 6.54 Å². The average molecular weight is 236 g/mol. The van der Waals surface area contributed by atoms with Crippen molar-refractivity contribution in [2.45, 2.75) is 25.6 Å². The molecular weight excluding hydrogens is 225 g/mol. The van der Waals surface area contributed by atoms with Crippen LogP contribution in [0.1, 0.15) is 18.7 Å². The first-order valence-electron chi connectivity index (χ1n) is 4.50. The SMILES string of the molecule is N/C(=N/O)c1nccn1CCCC(F)(F)F. The number of oxime groups is 1. The van der Waals surface area contributed by atoms with Crippen LogP contribution in [0.5, 0.6) is 0 Å². The van der Waals surface area contributed by atoms with Crippen molar-refractivity contribution in [3.8, 4) is 0 Å². The van der Waals surface area contributed by atoms with Gasteiger partial charge in [-0.05, 0) is 6.42 Å². The first-order valence-corrected chi connectivity index (χ1v) is 4.50. The number of aryl methyl sites for hydroxylation is 1. The zero-order valence-electron chi connectivity index (χ0n) is 8.28. The van der Waals surface area contributed by atoms with Gasteiger partial charge in [-0.15, -0.1) is 0 Å². The van der Waals surface area contributed by atoms with E-state index in [9.17, 15) is 13.2 Å². The molecule has 1 rings (SSSR count). The highest BCUT2D eigenvalue weighted by molar-refractivity contribution is 5.93. The van der Waals surface area contributed by atoms with Gasteiger partial charge in [-0.1, -0.05) is 5.16 Å². The van der Waals surface area contributed by atoms with Gasteiger partial charge in [0.15, 0.2) is 5.82 Å². The van der Waals surface area contributed by atoms with E-state index in [1.54, 1.807) is 0 Å². The summed E-state index contributed by atoms with van der Waals surface area (Å²) in [6.07, 6.45) is -2.27. The summed E-state index contributed by atoms with van der Waals surface area (Å²) in [5.41, 5.74) is 5.29. The van der Waals surface area contributed by atoms with Crippen molar-refractivity contribution in [1.82, 2.24) is 9.55 Å². The normalized spacial score (nSPS) is 13.1. The highest BCUT2D eigenvalue weighted by atomic mass is 19.4. The molecular formula is C8H11F3N4O. The Kier molecular flexibility index (Phi) is 3.75. The second-order valence-electron chi connectivity index (χ2n) is 3.15. The molecule has 0 saturated heterocycles. The lowest BCUT2D eigenvalue weighted by Gasteiger charge is -2.08. The van der Waals surface area contributed by atoms with Gasteiger partial charge < -0.3 is 15.5 Å². The van der Waals surface area contributed by atoms with Gasteiger partial charge in [0.25, 0.3) is 0 Å². The van der Waals surface area contributed by atoms with Crippen LogP contribution in [0, 0.1) is 0 Å². The van der Waals surface area contributed by atoms with E-state index in [0.717, 1.165) is 0 Å². The van der Waals surface area contributed by atoms with Gasteiger partial charge in [-0.25, -0.2) is 4.98 Å². The first kappa shape index (κ1) is 12.3. The molecule has 0 spiro atoms. The van der Waals surface area contributed by atoms with Crippen molar-refractivity contribution in [2.75, 3.05) is 0 Å². The molecule has 0 aliphatic rings. The van der Waals surface area contributed by atoms with Crippen LogP contribution in [0.25, 0.3) is 0 Å². The zero-order chi connectivity index (χ0) is 12.2. The molecule has 0 saturated carbocycles. The van der Waals surface area contributed by atoms with Crippen molar-refractivity contribution in [3.05, 3.63) is 18.2 Å². The minimum atomic E-state index is -4.17. The molecule has 0 amide bonds. The van der Waals surface area contributed by atoms with Crippen LogP contribution < -0.4 is 5.73 Å². The Bertz CT molecular complexity index is 372. The molecule has 0 aliphatic heterocycles. The standard InChI is InChI=1S/C8H11F3N4O/c9-8(10,11)2-1-4-15-5-3-13-7(15)6(12)14-16/h3,5,16H,1-2,4H2,(H2,12,14). The van der Waals surface area contributed by atoms with Crippen molar-refractivity contribution >= 4 is 5.84 Å². The van der Waals surface area contributed by atoms with Crippen LogP contribution in [0.4, 0.5) is 13.2 Å². The molecule has 0 radical (unpaired) electrons. The topological polar surface area (TPSA) is 76.4 Å². The lowest BCUT2D eigenvalue weighted by Crippen LogP contribution is -2.20. The fraction of sp³-hybridized carbons (Fsp3) is 0.500. The summed E-state index contributed by atoms with van der Waals surface area (Å²) < 4.78 is 37.1. The monoisotopic (exact) mass is 236 g/mol. The van der Waals surface area contributed by atoms with Crippen molar-refractivity contribution < 1.29 is 18.4 Å². The van der Waals surface area contributed by atoms with Crippen LogP contribution in [0.2, 0.25) is 0 Å². The molecule has 3 N–H and O–H groups in total. The lowest BCUT2D eigenvalue weighted by molar-refractivity contribution is -0.135. The van der Waals surface area contributed by atoms with Crippen molar-refractivity contribution in [1.29, 1.82) is 0 Å². The maximum Gasteiger partial charge on any atom is 0.389 e. The number of hydrogen-bond donors (Lipinski definition) is 2. The summed E-state index contributed by atoms with van der Waals surface area (Å²) in [5.74, 6) is -0.0679. The van der Waals surface area contributed by atoms with E-state index >= 15 is 0 Å². The molecule has 0 unspecified atom stereocenters. The van der Waals surface area contributed by atoms with Gasteiger partial charge in [0.2, 0.25) is 5.84 Å². The molecule has 0 atom stereocenters. The summed E-state index contributed by atoms with van der Waals surface area (Å²) in [7, 11) is 0. The molecule has 0 bridgehead atoms. The predicted molar refractivity (Wildman–Crippen MR) is 50.0 cm³/mol.